The van der Waals surface area contributed by atoms with Crippen molar-refractivity contribution in [1.82, 2.24) is 0 Å². The van der Waals surface area contributed by atoms with Crippen LogP contribution >= 0.6 is 0 Å². The number of halogens is 1. The van der Waals surface area contributed by atoms with Gasteiger partial charge in [-0.25, -0.2) is 4.39 Å². The standard InChI is InChI=1S/C26H24FN3O5/c1-26(2)25(33)30(15-23(31)28-19-10-6-7-11-21(19)34-3)20-14-16(12-13-22(20)35-26)24(32)29-18-9-5-4-8-17(18)27/h4-14H,15H2,1-3H3,(H,28,31)(H,29,32). The number of carbonyl (C=O) groups excluding carboxylic acids is 3. The third-order valence-corrected chi connectivity index (χ3v) is 5.44. The number of carbonyl (C=O) groups is 3. The Labute approximate surface area is 201 Å². The molecule has 0 aliphatic carbocycles. The van der Waals surface area contributed by atoms with Gasteiger partial charge in [0.05, 0.1) is 24.2 Å². The number of hydrogen-bond acceptors (Lipinski definition) is 5. The summed E-state index contributed by atoms with van der Waals surface area (Å²) in [4.78, 5) is 40.1. The Bertz CT molecular complexity index is 1310. The van der Waals surface area contributed by atoms with Gasteiger partial charge >= 0.3 is 0 Å². The zero-order valence-corrected chi connectivity index (χ0v) is 19.4. The first-order valence-electron chi connectivity index (χ1n) is 10.8. The van der Waals surface area contributed by atoms with Gasteiger partial charge in [0.15, 0.2) is 5.60 Å². The molecule has 0 aromatic heterocycles. The van der Waals surface area contributed by atoms with E-state index in [1.54, 1.807) is 50.2 Å². The maximum absolute atomic E-state index is 14.0. The molecule has 1 aliphatic heterocycles. The molecule has 0 bridgehead atoms. The molecule has 3 aromatic rings. The molecule has 0 radical (unpaired) electrons. The molecule has 3 aromatic carbocycles. The van der Waals surface area contributed by atoms with Gasteiger partial charge in [0.1, 0.15) is 23.9 Å². The number of methoxy groups -OCH3 is 1. The molecule has 0 spiro atoms. The summed E-state index contributed by atoms with van der Waals surface area (Å²) in [6.45, 7) is 2.87. The molecule has 9 heteroatoms. The normalized spacial score (nSPS) is 13.9. The van der Waals surface area contributed by atoms with Gasteiger partial charge in [-0.3, -0.25) is 19.3 Å². The van der Waals surface area contributed by atoms with E-state index in [-0.39, 0.29) is 23.5 Å². The Morgan fingerprint density at radius 1 is 1.00 bits per heavy atom. The second-order valence-electron chi connectivity index (χ2n) is 8.37. The third kappa shape index (κ3) is 4.93. The zero-order valence-electron chi connectivity index (χ0n) is 19.4. The summed E-state index contributed by atoms with van der Waals surface area (Å²) in [5, 5.41) is 5.25. The van der Waals surface area contributed by atoms with Crippen LogP contribution in [0.2, 0.25) is 0 Å². The number of rotatable bonds is 6. The van der Waals surface area contributed by atoms with Crippen molar-refractivity contribution in [1.29, 1.82) is 0 Å². The van der Waals surface area contributed by atoms with E-state index in [0.29, 0.717) is 17.2 Å². The van der Waals surface area contributed by atoms with Crippen LogP contribution in [-0.4, -0.2) is 37.0 Å². The molecule has 0 fully saturated rings. The van der Waals surface area contributed by atoms with Crippen LogP contribution in [-0.2, 0) is 9.59 Å². The second-order valence-corrected chi connectivity index (χ2v) is 8.37. The molecule has 3 amide bonds. The molecule has 0 saturated heterocycles. The molecule has 0 saturated carbocycles. The van der Waals surface area contributed by atoms with Gasteiger partial charge in [-0.2, -0.15) is 0 Å². The molecular formula is C26H24FN3O5. The van der Waals surface area contributed by atoms with Gasteiger partial charge < -0.3 is 20.1 Å². The zero-order chi connectivity index (χ0) is 25.2. The lowest BCUT2D eigenvalue weighted by atomic mass is 10.0. The number of nitrogens with zero attached hydrogens (tertiary/aromatic N) is 1. The predicted octanol–water partition coefficient (Wildman–Crippen LogP) is 4.23. The fraction of sp³-hybridized carbons (Fsp3) is 0.192. The Hall–Kier alpha value is -4.40. The Morgan fingerprint density at radius 2 is 1.69 bits per heavy atom. The van der Waals surface area contributed by atoms with Crippen LogP contribution < -0.4 is 25.0 Å². The first-order chi connectivity index (χ1) is 16.7. The summed E-state index contributed by atoms with van der Waals surface area (Å²) in [5.74, 6) is -1.26. The SMILES string of the molecule is COc1ccccc1NC(=O)CN1C(=O)C(C)(C)Oc2ccc(C(=O)Nc3ccccc3F)cc21. The summed E-state index contributed by atoms with van der Waals surface area (Å²) in [7, 11) is 1.49. The number of ether oxygens (including phenoxy) is 2. The number of fused-ring (bicyclic) bond motifs is 1. The van der Waals surface area contributed by atoms with E-state index in [9.17, 15) is 18.8 Å². The minimum Gasteiger partial charge on any atom is -0.495 e. The fourth-order valence-electron chi connectivity index (χ4n) is 3.70. The highest BCUT2D eigenvalue weighted by atomic mass is 19.1. The second kappa shape index (κ2) is 9.46. The van der Waals surface area contributed by atoms with Gasteiger partial charge in [0, 0.05) is 5.56 Å². The molecular weight excluding hydrogens is 453 g/mol. The van der Waals surface area contributed by atoms with E-state index < -0.39 is 29.1 Å². The van der Waals surface area contributed by atoms with E-state index in [0.717, 1.165) is 0 Å². The highest BCUT2D eigenvalue weighted by molar-refractivity contribution is 6.10. The van der Waals surface area contributed by atoms with Crippen LogP contribution in [0, 0.1) is 5.82 Å². The molecule has 1 aliphatic rings. The van der Waals surface area contributed by atoms with E-state index in [2.05, 4.69) is 10.6 Å². The summed E-state index contributed by atoms with van der Waals surface area (Å²) in [6, 6.07) is 17.2. The number of anilines is 3. The van der Waals surface area contributed by atoms with Crippen molar-refractivity contribution in [3.05, 3.63) is 78.1 Å². The highest BCUT2D eigenvalue weighted by Crippen LogP contribution is 2.38. The number of para-hydroxylation sites is 3. The lowest BCUT2D eigenvalue weighted by Crippen LogP contribution is -2.54. The van der Waals surface area contributed by atoms with Crippen molar-refractivity contribution in [2.75, 3.05) is 29.2 Å². The predicted molar refractivity (Wildman–Crippen MR) is 129 cm³/mol. The summed E-state index contributed by atoms with van der Waals surface area (Å²) in [6.07, 6.45) is 0. The smallest absolute Gasteiger partial charge is 0.271 e. The van der Waals surface area contributed by atoms with Crippen molar-refractivity contribution >= 4 is 34.8 Å². The summed E-state index contributed by atoms with van der Waals surface area (Å²) < 4.78 is 25.1. The number of amides is 3. The third-order valence-electron chi connectivity index (χ3n) is 5.44. The van der Waals surface area contributed by atoms with Gasteiger partial charge in [0.2, 0.25) is 5.91 Å². The monoisotopic (exact) mass is 477 g/mol. The molecule has 0 unspecified atom stereocenters. The van der Waals surface area contributed by atoms with Crippen LogP contribution in [0.4, 0.5) is 21.5 Å². The first-order valence-corrected chi connectivity index (χ1v) is 10.8. The lowest BCUT2D eigenvalue weighted by Gasteiger charge is -2.38. The van der Waals surface area contributed by atoms with Gasteiger partial charge in [0.25, 0.3) is 11.8 Å². The molecule has 1 heterocycles. The van der Waals surface area contributed by atoms with Gasteiger partial charge in [-0.15, -0.1) is 0 Å². The molecule has 4 rings (SSSR count). The van der Waals surface area contributed by atoms with E-state index in [1.165, 1.54) is 42.3 Å². The molecule has 0 atom stereocenters. The van der Waals surface area contributed by atoms with Crippen molar-refractivity contribution in [2.24, 2.45) is 0 Å². The largest absolute Gasteiger partial charge is 0.495 e. The quantitative estimate of drug-likeness (QED) is 0.554. The molecule has 35 heavy (non-hydrogen) atoms. The number of hydrogen-bond donors (Lipinski definition) is 2. The first kappa shape index (κ1) is 23.7. The van der Waals surface area contributed by atoms with Gasteiger partial charge in [-0.1, -0.05) is 24.3 Å². The van der Waals surface area contributed by atoms with Crippen LogP contribution in [0.5, 0.6) is 11.5 Å². The lowest BCUT2D eigenvalue weighted by molar-refractivity contribution is -0.133. The van der Waals surface area contributed by atoms with Crippen molar-refractivity contribution < 1.29 is 28.2 Å². The van der Waals surface area contributed by atoms with Crippen LogP contribution in [0.15, 0.2) is 66.7 Å². The van der Waals surface area contributed by atoms with Gasteiger partial charge in [-0.05, 0) is 56.3 Å². The van der Waals surface area contributed by atoms with Crippen LogP contribution in [0.3, 0.4) is 0 Å². The van der Waals surface area contributed by atoms with Crippen molar-refractivity contribution in [3.8, 4) is 11.5 Å². The van der Waals surface area contributed by atoms with Crippen molar-refractivity contribution in [2.45, 2.75) is 19.4 Å². The van der Waals surface area contributed by atoms with Crippen molar-refractivity contribution in [3.63, 3.8) is 0 Å². The Morgan fingerprint density at radius 3 is 2.40 bits per heavy atom. The Kier molecular flexibility index (Phi) is 6.42. The molecule has 8 nitrogen and oxygen atoms in total. The molecule has 2 N–H and O–H groups in total. The minimum absolute atomic E-state index is 0.0247. The minimum atomic E-state index is -1.23. The highest BCUT2D eigenvalue weighted by Gasteiger charge is 2.42. The number of nitrogens with one attached hydrogen (secondary N) is 2. The molecule has 180 valence electrons. The summed E-state index contributed by atoms with van der Waals surface area (Å²) in [5.41, 5.74) is -0.326. The van der Waals surface area contributed by atoms with Crippen LogP contribution in [0.25, 0.3) is 0 Å². The maximum Gasteiger partial charge on any atom is 0.271 e. The van der Waals surface area contributed by atoms with E-state index in [1.807, 2.05) is 0 Å². The Balaban J connectivity index is 1.62. The fourth-order valence-corrected chi connectivity index (χ4v) is 3.70. The van der Waals surface area contributed by atoms with E-state index >= 15 is 0 Å². The number of benzene rings is 3. The average molecular weight is 477 g/mol. The summed E-state index contributed by atoms with van der Waals surface area (Å²) >= 11 is 0. The van der Waals surface area contributed by atoms with E-state index in [4.69, 9.17) is 9.47 Å². The average Bonchev–Trinajstić information content (AvgIpc) is 2.83. The maximum atomic E-state index is 14.0. The van der Waals surface area contributed by atoms with Crippen LogP contribution in [0.1, 0.15) is 24.2 Å². The topological polar surface area (TPSA) is 97.0 Å².